The Labute approximate surface area is 172 Å². The largest absolute Gasteiger partial charge is 0.394 e. The van der Waals surface area contributed by atoms with E-state index in [0.29, 0.717) is 0 Å². The van der Waals surface area contributed by atoms with Crippen LogP contribution in [-0.2, 0) is 4.79 Å². The predicted molar refractivity (Wildman–Crippen MR) is 109 cm³/mol. The van der Waals surface area contributed by atoms with Crippen molar-refractivity contribution in [3.05, 3.63) is 35.4 Å². The van der Waals surface area contributed by atoms with E-state index in [4.69, 9.17) is 0 Å². The zero-order chi connectivity index (χ0) is 20.4. The van der Waals surface area contributed by atoms with Crippen LogP contribution in [0.25, 0.3) is 0 Å². The molecular formula is C24H28N2O3. The van der Waals surface area contributed by atoms with Gasteiger partial charge in [-0.05, 0) is 56.2 Å². The van der Waals surface area contributed by atoms with E-state index in [0.717, 1.165) is 62.5 Å². The number of rotatable bonds is 3. The molecule has 2 saturated carbocycles. The van der Waals surface area contributed by atoms with Crippen molar-refractivity contribution in [2.75, 3.05) is 6.61 Å². The SMILES string of the molecule is N#C[C@H]1[C@@H](c2ccc(C#CC3(O)CCCC3)cc2)[C@@H](CO)N1C(=O)C1CCCC1. The Kier molecular flexibility index (Phi) is 5.63. The molecule has 1 heterocycles. The molecule has 0 unspecified atom stereocenters. The molecule has 0 bridgehead atoms. The lowest BCUT2D eigenvalue weighted by atomic mass is 9.75. The molecule has 1 aromatic carbocycles. The second-order valence-electron chi connectivity index (χ2n) is 8.69. The summed E-state index contributed by atoms with van der Waals surface area (Å²) in [6, 6.07) is 9.05. The number of aliphatic hydroxyl groups excluding tert-OH is 1. The highest BCUT2D eigenvalue weighted by Crippen LogP contribution is 2.43. The average Bonchev–Trinajstić information content (AvgIpc) is 3.40. The molecule has 1 aromatic rings. The van der Waals surface area contributed by atoms with Gasteiger partial charge in [0.15, 0.2) is 0 Å². The molecule has 3 atom stereocenters. The lowest BCUT2D eigenvalue weighted by Crippen LogP contribution is -2.66. The first-order valence-corrected chi connectivity index (χ1v) is 10.7. The van der Waals surface area contributed by atoms with Gasteiger partial charge in [-0.25, -0.2) is 0 Å². The number of benzene rings is 1. The Morgan fingerprint density at radius 3 is 2.38 bits per heavy atom. The minimum atomic E-state index is -0.859. The van der Waals surface area contributed by atoms with Crippen LogP contribution in [0.4, 0.5) is 0 Å². The third-order valence-corrected chi connectivity index (χ3v) is 6.86. The van der Waals surface area contributed by atoms with Crippen molar-refractivity contribution in [3.8, 4) is 17.9 Å². The number of amides is 1. The fraction of sp³-hybridized carbons (Fsp3) is 0.583. The minimum absolute atomic E-state index is 0.000102. The third-order valence-electron chi connectivity index (χ3n) is 6.86. The minimum Gasteiger partial charge on any atom is -0.394 e. The molecule has 5 heteroatoms. The molecule has 0 spiro atoms. The van der Waals surface area contributed by atoms with E-state index in [1.807, 2.05) is 24.3 Å². The molecule has 3 fully saturated rings. The van der Waals surface area contributed by atoms with Gasteiger partial charge in [0.05, 0.1) is 18.7 Å². The number of carbonyl (C=O) groups is 1. The van der Waals surface area contributed by atoms with E-state index in [-0.39, 0.29) is 30.4 Å². The van der Waals surface area contributed by atoms with Crippen molar-refractivity contribution in [1.29, 1.82) is 5.26 Å². The molecule has 2 N–H and O–H groups in total. The Morgan fingerprint density at radius 2 is 1.79 bits per heavy atom. The lowest BCUT2D eigenvalue weighted by molar-refractivity contribution is -0.151. The molecule has 2 aliphatic carbocycles. The van der Waals surface area contributed by atoms with Crippen LogP contribution in [0.3, 0.4) is 0 Å². The maximum atomic E-state index is 12.9. The number of nitrogens with zero attached hydrogens (tertiary/aromatic N) is 2. The van der Waals surface area contributed by atoms with Crippen molar-refractivity contribution in [3.63, 3.8) is 0 Å². The smallest absolute Gasteiger partial charge is 0.227 e. The van der Waals surface area contributed by atoms with Crippen LogP contribution in [0.2, 0.25) is 0 Å². The van der Waals surface area contributed by atoms with Crippen LogP contribution >= 0.6 is 0 Å². The van der Waals surface area contributed by atoms with Crippen LogP contribution in [-0.4, -0.2) is 45.3 Å². The molecular weight excluding hydrogens is 364 g/mol. The normalized spacial score (nSPS) is 28.3. The predicted octanol–water partition coefficient (Wildman–Crippen LogP) is 2.71. The maximum Gasteiger partial charge on any atom is 0.227 e. The second-order valence-corrected chi connectivity index (χ2v) is 8.69. The van der Waals surface area contributed by atoms with Gasteiger partial charge in [0.25, 0.3) is 0 Å². The Balaban J connectivity index is 1.49. The van der Waals surface area contributed by atoms with E-state index in [2.05, 4.69) is 17.9 Å². The zero-order valence-corrected chi connectivity index (χ0v) is 16.7. The molecule has 29 heavy (non-hydrogen) atoms. The summed E-state index contributed by atoms with van der Waals surface area (Å²) >= 11 is 0. The highest BCUT2D eigenvalue weighted by atomic mass is 16.3. The van der Waals surface area contributed by atoms with Gasteiger partial charge in [-0.1, -0.05) is 36.8 Å². The zero-order valence-electron chi connectivity index (χ0n) is 16.7. The van der Waals surface area contributed by atoms with E-state index >= 15 is 0 Å². The van der Waals surface area contributed by atoms with E-state index in [1.54, 1.807) is 4.90 Å². The lowest BCUT2D eigenvalue weighted by Gasteiger charge is -2.52. The third kappa shape index (κ3) is 3.78. The standard InChI is InChI=1S/C24H28N2O3/c25-15-20-22(21(16-27)26(20)23(28)19-5-1-2-6-19)18-9-7-17(8-10-18)11-14-24(29)12-3-4-13-24/h7-10,19-22,27,29H,1-6,12-13,16H2/t20-,21+,22+/m0/s1. The first kappa shape index (κ1) is 20.0. The molecule has 1 amide bonds. The van der Waals surface area contributed by atoms with Gasteiger partial charge in [-0.2, -0.15) is 5.26 Å². The van der Waals surface area contributed by atoms with Crippen LogP contribution < -0.4 is 0 Å². The number of hydrogen-bond donors (Lipinski definition) is 2. The van der Waals surface area contributed by atoms with Crippen molar-refractivity contribution in [1.82, 2.24) is 4.90 Å². The van der Waals surface area contributed by atoms with Crippen LogP contribution in [0, 0.1) is 29.1 Å². The molecule has 152 valence electrons. The Bertz CT molecular complexity index is 849. The summed E-state index contributed by atoms with van der Waals surface area (Å²) in [5, 5.41) is 30.0. The van der Waals surface area contributed by atoms with Crippen LogP contribution in [0.1, 0.15) is 68.4 Å². The Hall–Kier alpha value is -2.34. The van der Waals surface area contributed by atoms with Crippen LogP contribution in [0.5, 0.6) is 0 Å². The second kappa shape index (κ2) is 8.19. The molecule has 5 nitrogen and oxygen atoms in total. The van der Waals surface area contributed by atoms with Crippen LogP contribution in [0.15, 0.2) is 24.3 Å². The van der Waals surface area contributed by atoms with Crippen molar-refractivity contribution in [2.45, 2.75) is 75.0 Å². The molecule has 1 aliphatic heterocycles. The van der Waals surface area contributed by atoms with Crippen molar-refractivity contribution < 1.29 is 15.0 Å². The first-order chi connectivity index (χ1) is 14.1. The maximum absolute atomic E-state index is 12.9. The quantitative estimate of drug-likeness (QED) is 0.775. The summed E-state index contributed by atoms with van der Waals surface area (Å²) in [5.41, 5.74) is 0.902. The number of likely N-dealkylation sites (tertiary alicyclic amines) is 1. The average molecular weight is 392 g/mol. The molecule has 0 radical (unpaired) electrons. The van der Waals surface area contributed by atoms with Gasteiger partial charge in [-0.3, -0.25) is 4.79 Å². The van der Waals surface area contributed by atoms with Gasteiger partial charge in [0.2, 0.25) is 5.91 Å². The van der Waals surface area contributed by atoms with Gasteiger partial charge in [-0.15, -0.1) is 0 Å². The Morgan fingerprint density at radius 1 is 1.14 bits per heavy atom. The van der Waals surface area contributed by atoms with Crippen molar-refractivity contribution >= 4 is 5.91 Å². The highest BCUT2D eigenvalue weighted by Gasteiger charge is 2.52. The van der Waals surface area contributed by atoms with E-state index in [9.17, 15) is 20.3 Å². The fourth-order valence-electron chi connectivity index (χ4n) is 5.16. The highest BCUT2D eigenvalue weighted by molar-refractivity contribution is 5.82. The van der Waals surface area contributed by atoms with Gasteiger partial charge >= 0.3 is 0 Å². The molecule has 0 aromatic heterocycles. The monoisotopic (exact) mass is 392 g/mol. The summed E-state index contributed by atoms with van der Waals surface area (Å²) in [5.74, 6) is 5.91. The van der Waals surface area contributed by atoms with Gasteiger partial charge in [0.1, 0.15) is 11.6 Å². The summed E-state index contributed by atoms with van der Waals surface area (Å²) < 4.78 is 0. The summed E-state index contributed by atoms with van der Waals surface area (Å²) in [7, 11) is 0. The molecule has 3 aliphatic rings. The van der Waals surface area contributed by atoms with E-state index in [1.165, 1.54) is 0 Å². The topological polar surface area (TPSA) is 84.6 Å². The molecule has 1 saturated heterocycles. The molecule has 4 rings (SSSR count). The summed E-state index contributed by atoms with van der Waals surface area (Å²) in [6.45, 7) is -0.143. The first-order valence-electron chi connectivity index (χ1n) is 10.7. The van der Waals surface area contributed by atoms with Gasteiger partial charge < -0.3 is 15.1 Å². The number of nitriles is 1. The summed E-state index contributed by atoms with van der Waals surface area (Å²) in [4.78, 5) is 14.5. The van der Waals surface area contributed by atoms with Crippen molar-refractivity contribution in [2.24, 2.45) is 5.92 Å². The number of hydrogen-bond acceptors (Lipinski definition) is 4. The summed E-state index contributed by atoms with van der Waals surface area (Å²) in [6.07, 6.45) is 7.38. The number of aliphatic hydroxyl groups is 2. The van der Waals surface area contributed by atoms with E-state index < -0.39 is 11.6 Å². The van der Waals surface area contributed by atoms with Gasteiger partial charge in [0, 0.05) is 17.4 Å². The number of carbonyl (C=O) groups excluding carboxylic acids is 1. The fourth-order valence-corrected chi connectivity index (χ4v) is 5.16.